The third-order valence-electron chi connectivity index (χ3n) is 5.82. The number of fused-ring (bicyclic) bond motifs is 1. The quantitative estimate of drug-likeness (QED) is 0.707. The first-order valence-corrected chi connectivity index (χ1v) is 9.96. The third kappa shape index (κ3) is 2.94. The molecule has 1 amide bonds. The van der Waals surface area contributed by atoms with Gasteiger partial charge in [0.15, 0.2) is 11.5 Å². The van der Waals surface area contributed by atoms with Gasteiger partial charge in [-0.05, 0) is 53.8 Å². The number of aromatic nitrogens is 2. The summed E-state index contributed by atoms with van der Waals surface area (Å²) in [5.41, 5.74) is 7.64. The summed E-state index contributed by atoms with van der Waals surface area (Å²) < 4.78 is 20.4. The van der Waals surface area contributed by atoms with Crippen molar-refractivity contribution < 1.29 is 13.9 Å². The van der Waals surface area contributed by atoms with Gasteiger partial charge < -0.3 is 10.5 Å². The monoisotopic (exact) mass is 417 g/mol. The molecule has 0 saturated heterocycles. The zero-order valence-electron chi connectivity index (χ0n) is 16.9. The molecule has 1 aromatic heterocycles. The van der Waals surface area contributed by atoms with E-state index in [0.29, 0.717) is 23.3 Å². The molecule has 3 heterocycles. The zero-order chi connectivity index (χ0) is 21.6. The van der Waals surface area contributed by atoms with Gasteiger partial charge in [0, 0.05) is 30.6 Å². The number of likely N-dealkylation sites (N-methyl/N-ethyl adjacent to an activating group) is 1. The van der Waals surface area contributed by atoms with Crippen LogP contribution in [0.25, 0.3) is 11.1 Å². The SMILES string of the molecule is CN1C(=O)C(c2ccc3c(c2)CCCO3)(c2ccc(F)c(-c3cncnc3)c2)N=C1N. The fraction of sp³-hybridized carbons (Fsp3) is 0.217. The molecule has 0 saturated carbocycles. The maximum absolute atomic E-state index is 14.7. The molecule has 2 aliphatic rings. The number of carbonyl (C=O) groups is 1. The molecule has 1 atom stereocenters. The van der Waals surface area contributed by atoms with Crippen LogP contribution >= 0.6 is 0 Å². The Kier molecular flexibility index (Phi) is 4.43. The van der Waals surface area contributed by atoms with E-state index in [1.54, 1.807) is 19.2 Å². The largest absolute Gasteiger partial charge is 0.493 e. The predicted octanol–water partition coefficient (Wildman–Crippen LogP) is 2.64. The zero-order valence-corrected chi connectivity index (χ0v) is 16.9. The summed E-state index contributed by atoms with van der Waals surface area (Å²) in [7, 11) is 1.58. The number of halogens is 1. The number of hydrogen-bond donors (Lipinski definition) is 1. The van der Waals surface area contributed by atoms with Crippen molar-refractivity contribution in [2.45, 2.75) is 18.4 Å². The summed E-state index contributed by atoms with van der Waals surface area (Å²) in [6.45, 7) is 0.671. The molecule has 1 unspecified atom stereocenters. The lowest BCUT2D eigenvalue weighted by Gasteiger charge is -2.28. The Morgan fingerprint density at radius 2 is 1.87 bits per heavy atom. The van der Waals surface area contributed by atoms with Crippen LogP contribution in [0.2, 0.25) is 0 Å². The van der Waals surface area contributed by atoms with E-state index >= 15 is 0 Å². The van der Waals surface area contributed by atoms with Crippen molar-refractivity contribution in [3.05, 3.63) is 77.6 Å². The van der Waals surface area contributed by atoms with Crippen LogP contribution < -0.4 is 10.5 Å². The minimum absolute atomic E-state index is 0.105. The summed E-state index contributed by atoms with van der Waals surface area (Å²) in [6, 6.07) is 10.2. The van der Waals surface area contributed by atoms with E-state index in [2.05, 4.69) is 15.0 Å². The summed E-state index contributed by atoms with van der Waals surface area (Å²) >= 11 is 0. The number of guanidine groups is 1. The highest BCUT2D eigenvalue weighted by Crippen LogP contribution is 2.42. The summed E-state index contributed by atoms with van der Waals surface area (Å²) in [5.74, 6) is 0.168. The van der Waals surface area contributed by atoms with Crippen LogP contribution in [-0.2, 0) is 16.8 Å². The summed E-state index contributed by atoms with van der Waals surface area (Å²) in [5, 5.41) is 0. The van der Waals surface area contributed by atoms with Crippen molar-refractivity contribution in [2.24, 2.45) is 10.7 Å². The second kappa shape index (κ2) is 7.16. The Hall–Kier alpha value is -3.81. The van der Waals surface area contributed by atoms with Crippen molar-refractivity contribution in [2.75, 3.05) is 13.7 Å². The van der Waals surface area contributed by atoms with Gasteiger partial charge in [-0.2, -0.15) is 0 Å². The number of hydrogen-bond acceptors (Lipinski definition) is 6. The van der Waals surface area contributed by atoms with E-state index in [1.165, 1.54) is 29.7 Å². The molecular weight excluding hydrogens is 397 g/mol. The molecule has 2 aromatic carbocycles. The molecular formula is C23H20FN5O2. The van der Waals surface area contributed by atoms with Crippen molar-refractivity contribution in [1.29, 1.82) is 0 Å². The first-order chi connectivity index (χ1) is 15.0. The fourth-order valence-corrected chi connectivity index (χ4v) is 4.18. The van der Waals surface area contributed by atoms with Crippen LogP contribution in [0.5, 0.6) is 5.75 Å². The van der Waals surface area contributed by atoms with E-state index < -0.39 is 11.4 Å². The van der Waals surface area contributed by atoms with E-state index in [-0.39, 0.29) is 17.4 Å². The van der Waals surface area contributed by atoms with Gasteiger partial charge in [-0.1, -0.05) is 12.1 Å². The highest BCUT2D eigenvalue weighted by atomic mass is 19.1. The molecule has 0 spiro atoms. The average molecular weight is 417 g/mol. The molecule has 8 heteroatoms. The minimum Gasteiger partial charge on any atom is -0.493 e. The lowest BCUT2D eigenvalue weighted by atomic mass is 9.80. The number of nitrogens with zero attached hydrogens (tertiary/aromatic N) is 4. The predicted molar refractivity (Wildman–Crippen MR) is 113 cm³/mol. The number of aliphatic imine (C=N–C) groups is 1. The van der Waals surface area contributed by atoms with Crippen LogP contribution in [0, 0.1) is 5.82 Å². The fourth-order valence-electron chi connectivity index (χ4n) is 4.18. The topological polar surface area (TPSA) is 93.7 Å². The van der Waals surface area contributed by atoms with Crippen LogP contribution in [0.15, 0.2) is 60.1 Å². The Morgan fingerprint density at radius 1 is 1.13 bits per heavy atom. The minimum atomic E-state index is -1.41. The molecule has 0 bridgehead atoms. The molecule has 5 rings (SSSR count). The van der Waals surface area contributed by atoms with Gasteiger partial charge in [0.2, 0.25) is 0 Å². The summed E-state index contributed by atoms with van der Waals surface area (Å²) in [4.78, 5) is 27.4. The number of benzene rings is 2. The van der Waals surface area contributed by atoms with Gasteiger partial charge in [0.05, 0.1) is 6.61 Å². The van der Waals surface area contributed by atoms with Gasteiger partial charge >= 0.3 is 0 Å². The maximum atomic E-state index is 14.7. The Morgan fingerprint density at radius 3 is 2.61 bits per heavy atom. The van der Waals surface area contributed by atoms with E-state index in [4.69, 9.17) is 10.5 Å². The van der Waals surface area contributed by atoms with Crippen LogP contribution in [-0.4, -0.2) is 40.4 Å². The molecule has 0 aliphatic carbocycles. The Labute approximate surface area is 178 Å². The molecule has 3 aromatic rings. The molecule has 7 nitrogen and oxygen atoms in total. The lowest BCUT2D eigenvalue weighted by Crippen LogP contribution is -2.41. The Balaban J connectivity index is 1.73. The third-order valence-corrected chi connectivity index (χ3v) is 5.82. The number of amides is 1. The maximum Gasteiger partial charge on any atom is 0.266 e. The van der Waals surface area contributed by atoms with Crippen molar-refractivity contribution in [3.8, 4) is 16.9 Å². The molecule has 156 valence electrons. The first-order valence-electron chi connectivity index (χ1n) is 9.96. The standard InChI is InChI=1S/C23H20FN5O2/c1-29-21(30)23(28-22(29)25,16-5-7-20-14(9-16)3-2-8-31-20)17-4-6-19(24)18(10-17)15-11-26-13-27-12-15/h4-7,9-13H,2-3,8H2,1H3,(H2,25,28). The van der Waals surface area contributed by atoms with Crippen molar-refractivity contribution in [3.63, 3.8) is 0 Å². The molecule has 2 aliphatic heterocycles. The van der Waals surface area contributed by atoms with Crippen LogP contribution in [0.1, 0.15) is 23.1 Å². The highest BCUT2D eigenvalue weighted by Gasteiger charge is 2.50. The smallest absolute Gasteiger partial charge is 0.266 e. The van der Waals surface area contributed by atoms with Gasteiger partial charge in [-0.15, -0.1) is 0 Å². The lowest BCUT2D eigenvalue weighted by molar-refractivity contribution is -0.129. The average Bonchev–Trinajstić information content (AvgIpc) is 3.04. The van der Waals surface area contributed by atoms with Crippen molar-refractivity contribution >= 4 is 11.9 Å². The highest BCUT2D eigenvalue weighted by molar-refractivity contribution is 6.09. The normalized spacial score (nSPS) is 20.3. The van der Waals surface area contributed by atoms with Crippen LogP contribution in [0.4, 0.5) is 4.39 Å². The Bertz CT molecular complexity index is 1210. The number of carbonyl (C=O) groups excluding carboxylic acids is 1. The van der Waals surface area contributed by atoms with Crippen LogP contribution in [0.3, 0.4) is 0 Å². The first kappa shape index (κ1) is 19.2. The van der Waals surface area contributed by atoms with E-state index in [9.17, 15) is 9.18 Å². The number of rotatable bonds is 3. The van der Waals surface area contributed by atoms with E-state index in [0.717, 1.165) is 24.2 Å². The molecule has 0 fully saturated rings. The second-order valence-electron chi connectivity index (χ2n) is 7.64. The molecule has 31 heavy (non-hydrogen) atoms. The second-order valence-corrected chi connectivity index (χ2v) is 7.64. The number of nitrogens with two attached hydrogens (primary N) is 1. The molecule has 0 radical (unpaired) electrons. The summed E-state index contributed by atoms with van der Waals surface area (Å²) in [6.07, 6.45) is 6.18. The van der Waals surface area contributed by atoms with Gasteiger partial charge in [-0.3, -0.25) is 9.69 Å². The van der Waals surface area contributed by atoms with Gasteiger partial charge in [-0.25, -0.2) is 19.4 Å². The van der Waals surface area contributed by atoms with Crippen molar-refractivity contribution in [1.82, 2.24) is 14.9 Å². The number of ether oxygens (including phenoxy) is 1. The van der Waals surface area contributed by atoms with Gasteiger partial charge in [0.25, 0.3) is 5.91 Å². The number of aryl methyl sites for hydroxylation is 1. The van der Waals surface area contributed by atoms with E-state index in [1.807, 2.05) is 18.2 Å². The molecule has 2 N–H and O–H groups in total. The van der Waals surface area contributed by atoms with Gasteiger partial charge in [0.1, 0.15) is 17.9 Å².